The van der Waals surface area contributed by atoms with Crippen LogP contribution in [0.5, 0.6) is 0 Å². The van der Waals surface area contributed by atoms with E-state index in [0.717, 1.165) is 12.0 Å². The highest BCUT2D eigenvalue weighted by Crippen LogP contribution is 2.27. The Labute approximate surface area is 195 Å². The minimum atomic E-state index is -3.59. The Morgan fingerprint density at radius 2 is 1.79 bits per heavy atom. The predicted octanol–water partition coefficient (Wildman–Crippen LogP) is 4.18. The monoisotopic (exact) mass is 467 g/mol. The summed E-state index contributed by atoms with van der Waals surface area (Å²) in [5, 5.41) is 0. The largest absolute Gasteiger partial charge is 0.467 e. The van der Waals surface area contributed by atoms with E-state index in [-0.39, 0.29) is 10.8 Å². The highest BCUT2D eigenvalue weighted by molar-refractivity contribution is 7.89. The lowest BCUT2D eigenvalue weighted by molar-refractivity contribution is 0.0717. The third-order valence-corrected chi connectivity index (χ3v) is 7.73. The average molecular weight is 468 g/mol. The molecule has 1 amide bonds. The zero-order chi connectivity index (χ0) is 23.4. The van der Waals surface area contributed by atoms with Crippen LogP contribution >= 0.6 is 0 Å². The van der Waals surface area contributed by atoms with Crippen LogP contribution in [0, 0.1) is 11.8 Å². The minimum absolute atomic E-state index is 0.209. The van der Waals surface area contributed by atoms with Crippen molar-refractivity contribution < 1.29 is 17.6 Å². The predicted molar refractivity (Wildman–Crippen MR) is 125 cm³/mol. The number of aromatic nitrogens is 1. The van der Waals surface area contributed by atoms with Crippen LogP contribution in [0.3, 0.4) is 0 Å². The second-order valence-corrected chi connectivity index (χ2v) is 10.8. The molecule has 0 spiro atoms. The molecular weight excluding hydrogens is 438 g/mol. The average Bonchev–Trinajstić information content (AvgIpc) is 3.31. The second-order valence-electron chi connectivity index (χ2n) is 8.89. The van der Waals surface area contributed by atoms with Gasteiger partial charge in [-0.2, -0.15) is 4.31 Å². The Morgan fingerprint density at radius 3 is 2.39 bits per heavy atom. The molecule has 3 aromatic rings. The lowest BCUT2D eigenvalue weighted by Gasteiger charge is -2.34. The number of amides is 1. The Kier molecular flexibility index (Phi) is 6.95. The number of carbonyl (C=O) groups excluding carboxylic acids is 1. The maximum atomic E-state index is 13.3. The zero-order valence-electron chi connectivity index (χ0n) is 18.9. The van der Waals surface area contributed by atoms with Crippen molar-refractivity contribution in [3.8, 4) is 0 Å². The first kappa shape index (κ1) is 23.2. The summed E-state index contributed by atoms with van der Waals surface area (Å²) < 4.78 is 33.3. The smallest absolute Gasteiger partial charge is 0.254 e. The van der Waals surface area contributed by atoms with E-state index in [1.54, 1.807) is 46.1 Å². The summed E-state index contributed by atoms with van der Waals surface area (Å²) in [5.74, 6) is 1.11. The molecule has 0 radical (unpaired) electrons. The summed E-state index contributed by atoms with van der Waals surface area (Å²) in [6.45, 7) is 5.86. The SMILES string of the molecule is CC1CC(C)CN(S(=O)(=O)c2ccc(C(=O)N(Cc3cccnc3)Cc3ccco3)cc2)C1. The van der Waals surface area contributed by atoms with Crippen LogP contribution in [0.15, 0.2) is 76.5 Å². The van der Waals surface area contributed by atoms with Crippen LogP contribution in [-0.2, 0) is 23.1 Å². The number of piperidine rings is 1. The van der Waals surface area contributed by atoms with Gasteiger partial charge in [0.05, 0.1) is 17.7 Å². The lowest BCUT2D eigenvalue weighted by Crippen LogP contribution is -2.42. The van der Waals surface area contributed by atoms with E-state index in [0.29, 0.717) is 49.3 Å². The van der Waals surface area contributed by atoms with E-state index in [1.165, 1.54) is 12.1 Å². The van der Waals surface area contributed by atoms with Crippen molar-refractivity contribution in [2.45, 2.75) is 38.3 Å². The molecule has 2 aromatic heterocycles. The molecule has 4 rings (SSSR count). The molecule has 1 aromatic carbocycles. The molecule has 33 heavy (non-hydrogen) atoms. The molecule has 2 atom stereocenters. The van der Waals surface area contributed by atoms with Crippen LogP contribution < -0.4 is 0 Å². The maximum absolute atomic E-state index is 13.3. The van der Waals surface area contributed by atoms with Gasteiger partial charge >= 0.3 is 0 Å². The second kappa shape index (κ2) is 9.89. The van der Waals surface area contributed by atoms with Crippen LogP contribution in [0.1, 0.15) is 41.9 Å². The summed E-state index contributed by atoms with van der Waals surface area (Å²) >= 11 is 0. The van der Waals surface area contributed by atoms with Crippen molar-refractivity contribution >= 4 is 15.9 Å². The van der Waals surface area contributed by atoms with E-state index in [4.69, 9.17) is 4.42 Å². The number of benzene rings is 1. The Bertz CT molecular complexity index is 1150. The Morgan fingerprint density at radius 1 is 1.06 bits per heavy atom. The van der Waals surface area contributed by atoms with E-state index >= 15 is 0 Å². The van der Waals surface area contributed by atoms with Gasteiger partial charge in [0.25, 0.3) is 5.91 Å². The number of furan rings is 1. The molecule has 0 aliphatic carbocycles. The van der Waals surface area contributed by atoms with Gasteiger partial charge in [-0.25, -0.2) is 8.42 Å². The third-order valence-electron chi connectivity index (χ3n) is 5.88. The number of nitrogens with zero attached hydrogens (tertiary/aromatic N) is 3. The standard InChI is InChI=1S/C25H29N3O4S/c1-19-13-20(2)16-28(15-19)33(30,31)24-9-7-22(8-10-24)25(29)27(18-23-6-4-12-32-23)17-21-5-3-11-26-14-21/h3-12,14,19-20H,13,15-18H2,1-2H3. The quantitative estimate of drug-likeness (QED) is 0.520. The molecule has 0 N–H and O–H groups in total. The number of pyridine rings is 1. The van der Waals surface area contributed by atoms with Crippen molar-refractivity contribution in [3.63, 3.8) is 0 Å². The summed E-state index contributed by atoms with van der Waals surface area (Å²) in [6, 6.07) is 13.6. The molecule has 1 fully saturated rings. The molecule has 0 bridgehead atoms. The van der Waals surface area contributed by atoms with Crippen molar-refractivity contribution in [2.75, 3.05) is 13.1 Å². The highest BCUT2D eigenvalue weighted by Gasteiger charge is 2.31. The van der Waals surface area contributed by atoms with Crippen molar-refractivity contribution in [2.24, 2.45) is 11.8 Å². The third kappa shape index (κ3) is 5.51. The summed E-state index contributed by atoms with van der Waals surface area (Å²) in [7, 11) is -3.59. The van der Waals surface area contributed by atoms with E-state index in [9.17, 15) is 13.2 Å². The molecule has 8 heteroatoms. The fraction of sp³-hybridized carbons (Fsp3) is 0.360. The molecule has 1 aliphatic heterocycles. The number of carbonyl (C=O) groups is 1. The van der Waals surface area contributed by atoms with Gasteiger partial charge in [-0.05, 0) is 66.3 Å². The molecule has 3 heterocycles. The highest BCUT2D eigenvalue weighted by atomic mass is 32.2. The van der Waals surface area contributed by atoms with Gasteiger partial charge in [0.2, 0.25) is 10.0 Å². The molecular formula is C25H29N3O4S. The van der Waals surface area contributed by atoms with Gasteiger partial charge in [0.15, 0.2) is 0 Å². The summed E-state index contributed by atoms with van der Waals surface area (Å²) in [6.07, 6.45) is 6.01. The zero-order valence-corrected chi connectivity index (χ0v) is 19.7. The Hall–Kier alpha value is -2.97. The van der Waals surface area contributed by atoms with Crippen molar-refractivity contribution in [1.29, 1.82) is 0 Å². The number of hydrogen-bond acceptors (Lipinski definition) is 5. The minimum Gasteiger partial charge on any atom is -0.467 e. The first-order valence-corrected chi connectivity index (χ1v) is 12.6. The number of hydrogen-bond donors (Lipinski definition) is 0. The van der Waals surface area contributed by atoms with Crippen molar-refractivity contribution in [3.05, 3.63) is 84.1 Å². The fourth-order valence-corrected chi connectivity index (χ4v) is 6.08. The molecule has 1 saturated heterocycles. The van der Waals surface area contributed by atoms with Gasteiger partial charge in [-0.1, -0.05) is 19.9 Å². The molecule has 7 nitrogen and oxygen atoms in total. The van der Waals surface area contributed by atoms with E-state index < -0.39 is 10.0 Å². The van der Waals surface area contributed by atoms with Crippen molar-refractivity contribution in [1.82, 2.24) is 14.2 Å². The fourth-order valence-electron chi connectivity index (χ4n) is 4.41. The number of rotatable bonds is 7. The normalized spacial score (nSPS) is 19.3. The van der Waals surface area contributed by atoms with Gasteiger partial charge in [0, 0.05) is 37.6 Å². The van der Waals surface area contributed by atoms with Gasteiger partial charge in [0.1, 0.15) is 5.76 Å². The summed E-state index contributed by atoms with van der Waals surface area (Å²) in [5.41, 5.74) is 1.31. The first-order chi connectivity index (χ1) is 15.8. The maximum Gasteiger partial charge on any atom is 0.254 e. The van der Waals surface area contributed by atoms with Gasteiger partial charge < -0.3 is 9.32 Å². The van der Waals surface area contributed by atoms with E-state index in [2.05, 4.69) is 18.8 Å². The van der Waals surface area contributed by atoms with Crippen LogP contribution in [0.25, 0.3) is 0 Å². The number of sulfonamides is 1. The first-order valence-electron chi connectivity index (χ1n) is 11.1. The van der Waals surface area contributed by atoms with Gasteiger partial charge in [-0.15, -0.1) is 0 Å². The molecule has 2 unspecified atom stereocenters. The van der Waals surface area contributed by atoms with Gasteiger partial charge in [-0.3, -0.25) is 9.78 Å². The molecule has 174 valence electrons. The van der Waals surface area contributed by atoms with Crippen LogP contribution in [-0.4, -0.2) is 41.6 Å². The van der Waals surface area contributed by atoms with E-state index in [1.807, 2.05) is 18.2 Å². The van der Waals surface area contributed by atoms with Crippen LogP contribution in [0.2, 0.25) is 0 Å². The lowest BCUT2D eigenvalue weighted by atomic mass is 9.94. The Balaban J connectivity index is 1.54. The topological polar surface area (TPSA) is 83.7 Å². The molecule has 0 saturated carbocycles. The molecule has 1 aliphatic rings. The van der Waals surface area contributed by atoms with Crippen LogP contribution in [0.4, 0.5) is 0 Å². The summed E-state index contributed by atoms with van der Waals surface area (Å²) in [4.78, 5) is 19.3.